The third-order valence-corrected chi connectivity index (χ3v) is 7.46. The van der Waals surface area contributed by atoms with Crippen molar-refractivity contribution in [1.29, 1.82) is 0 Å². The maximum Gasteiger partial charge on any atom is 0.149 e. The van der Waals surface area contributed by atoms with E-state index in [0.717, 1.165) is 22.3 Å². The molecule has 2 aliphatic rings. The van der Waals surface area contributed by atoms with Crippen LogP contribution in [0.15, 0.2) is 121 Å². The molecule has 0 bridgehead atoms. The number of benzene rings is 4. The van der Waals surface area contributed by atoms with Gasteiger partial charge in [0.25, 0.3) is 0 Å². The average molecular weight is 523 g/mol. The van der Waals surface area contributed by atoms with E-state index in [1.165, 1.54) is 0 Å². The third-order valence-electron chi connectivity index (χ3n) is 7.46. The van der Waals surface area contributed by atoms with E-state index in [1.54, 1.807) is 0 Å². The first-order valence-electron chi connectivity index (χ1n) is 13.6. The van der Waals surface area contributed by atoms with E-state index in [-0.39, 0.29) is 24.4 Å². The van der Waals surface area contributed by atoms with Crippen molar-refractivity contribution in [2.24, 2.45) is 0 Å². The van der Waals surface area contributed by atoms with Crippen LogP contribution in [0.5, 0.6) is 0 Å². The molecule has 0 N–H and O–H groups in total. The van der Waals surface area contributed by atoms with Crippen LogP contribution < -0.4 is 0 Å². The molecule has 0 amide bonds. The van der Waals surface area contributed by atoms with Crippen molar-refractivity contribution in [1.82, 2.24) is 0 Å². The van der Waals surface area contributed by atoms with Crippen LogP contribution in [0.3, 0.4) is 0 Å². The molecule has 1 aliphatic heterocycles. The van der Waals surface area contributed by atoms with Crippen molar-refractivity contribution in [3.05, 3.63) is 144 Å². The number of ether oxygens (including phenoxy) is 5. The van der Waals surface area contributed by atoms with Gasteiger partial charge in [-0.3, -0.25) is 0 Å². The number of epoxide rings is 1. The molecule has 1 saturated heterocycles. The Morgan fingerprint density at radius 2 is 1.00 bits per heavy atom. The van der Waals surface area contributed by atoms with Gasteiger partial charge in [-0.05, 0) is 22.3 Å². The summed E-state index contributed by atoms with van der Waals surface area (Å²) in [5.74, 6) is 0. The minimum Gasteiger partial charge on any atom is -0.374 e. The smallest absolute Gasteiger partial charge is 0.149 e. The van der Waals surface area contributed by atoms with Crippen molar-refractivity contribution in [3.8, 4) is 0 Å². The molecular formula is C34H34O5. The molecule has 200 valence electrons. The standard InChI is InChI=1S/C34H34O5/c1-5-13-26(14-6-1)21-35-25-34(38-24-29-19-11-4-12-20-29)32(37-23-28-17-9-3-10-18-28)30(31-33(34)39-31)36-22-27-15-7-2-8-16-27/h1-20,30-33H,21-25H2/t30-,31?,32+,33?,34+/m1/s1. The first-order valence-corrected chi connectivity index (χ1v) is 13.6. The maximum absolute atomic E-state index is 6.80. The van der Waals surface area contributed by atoms with Crippen LogP contribution in [0.4, 0.5) is 0 Å². The van der Waals surface area contributed by atoms with Crippen molar-refractivity contribution < 1.29 is 23.7 Å². The van der Waals surface area contributed by atoms with E-state index < -0.39 is 5.60 Å². The van der Waals surface area contributed by atoms with E-state index in [2.05, 4.69) is 48.5 Å². The first-order chi connectivity index (χ1) is 19.3. The Morgan fingerprint density at radius 3 is 1.54 bits per heavy atom. The second-order valence-corrected chi connectivity index (χ2v) is 10.2. The lowest BCUT2D eigenvalue weighted by Gasteiger charge is -2.38. The molecule has 1 saturated carbocycles. The van der Waals surface area contributed by atoms with Gasteiger partial charge < -0.3 is 23.7 Å². The highest BCUT2D eigenvalue weighted by Crippen LogP contribution is 2.52. The minimum absolute atomic E-state index is 0.106. The molecule has 1 heterocycles. The van der Waals surface area contributed by atoms with Crippen molar-refractivity contribution in [2.45, 2.75) is 56.4 Å². The van der Waals surface area contributed by atoms with Gasteiger partial charge in [-0.25, -0.2) is 0 Å². The molecule has 6 rings (SSSR count). The second kappa shape index (κ2) is 12.2. The quantitative estimate of drug-likeness (QED) is 0.198. The van der Waals surface area contributed by atoms with Gasteiger partial charge in [0.05, 0.1) is 33.0 Å². The normalized spacial score (nSPS) is 25.3. The molecule has 5 atom stereocenters. The molecule has 4 aromatic carbocycles. The van der Waals surface area contributed by atoms with Gasteiger partial charge in [-0.1, -0.05) is 121 Å². The molecule has 2 unspecified atom stereocenters. The van der Waals surface area contributed by atoms with Crippen LogP contribution in [0.1, 0.15) is 22.3 Å². The largest absolute Gasteiger partial charge is 0.374 e. The SMILES string of the molecule is c1ccc(COC[C@@]2(OCc3ccccc3)C3OC3[C@@H](OCc3ccccc3)[C@@H]2OCc2ccccc2)cc1. The Balaban J connectivity index is 1.26. The lowest BCUT2D eigenvalue weighted by Crippen LogP contribution is -2.55. The molecular weight excluding hydrogens is 488 g/mol. The number of rotatable bonds is 13. The summed E-state index contributed by atoms with van der Waals surface area (Å²) in [6, 6.07) is 40.8. The molecule has 5 heteroatoms. The highest BCUT2D eigenvalue weighted by atomic mass is 16.7. The summed E-state index contributed by atoms with van der Waals surface area (Å²) in [5, 5.41) is 0. The Bertz CT molecular complexity index is 1280. The highest BCUT2D eigenvalue weighted by molar-refractivity contribution is 5.24. The van der Waals surface area contributed by atoms with Crippen LogP contribution >= 0.6 is 0 Å². The zero-order chi connectivity index (χ0) is 26.3. The van der Waals surface area contributed by atoms with Crippen molar-refractivity contribution in [2.75, 3.05) is 6.61 Å². The summed E-state index contributed by atoms with van der Waals surface area (Å²) >= 11 is 0. The monoisotopic (exact) mass is 522 g/mol. The Labute approximate surface area is 230 Å². The minimum atomic E-state index is -0.814. The Morgan fingerprint density at radius 1 is 0.538 bits per heavy atom. The maximum atomic E-state index is 6.80. The summed E-state index contributed by atoms with van der Waals surface area (Å²) < 4.78 is 32.6. The van der Waals surface area contributed by atoms with Crippen molar-refractivity contribution in [3.63, 3.8) is 0 Å². The van der Waals surface area contributed by atoms with Gasteiger partial charge in [0.1, 0.15) is 30.0 Å². The Kier molecular flexibility index (Phi) is 8.14. The zero-order valence-corrected chi connectivity index (χ0v) is 21.9. The molecule has 5 nitrogen and oxygen atoms in total. The summed E-state index contributed by atoms with van der Waals surface area (Å²) in [7, 11) is 0. The molecule has 39 heavy (non-hydrogen) atoms. The van der Waals surface area contributed by atoms with Gasteiger partial charge >= 0.3 is 0 Å². The fourth-order valence-corrected chi connectivity index (χ4v) is 5.39. The predicted molar refractivity (Wildman–Crippen MR) is 149 cm³/mol. The third kappa shape index (κ3) is 6.14. The van der Waals surface area contributed by atoms with Gasteiger partial charge in [0.2, 0.25) is 0 Å². The molecule has 2 fully saturated rings. The van der Waals surface area contributed by atoms with Crippen LogP contribution in [0, 0.1) is 0 Å². The molecule has 1 aliphatic carbocycles. The lowest BCUT2D eigenvalue weighted by atomic mass is 9.97. The summed E-state index contributed by atoms with van der Waals surface area (Å²) in [4.78, 5) is 0. The van der Waals surface area contributed by atoms with E-state index >= 15 is 0 Å². The van der Waals surface area contributed by atoms with Gasteiger partial charge in [0, 0.05) is 0 Å². The fourth-order valence-electron chi connectivity index (χ4n) is 5.39. The van der Waals surface area contributed by atoms with Crippen LogP contribution in [-0.4, -0.2) is 36.6 Å². The van der Waals surface area contributed by atoms with Crippen LogP contribution in [-0.2, 0) is 50.1 Å². The molecule has 0 radical (unpaired) electrons. The Hall–Kier alpha value is -3.32. The zero-order valence-electron chi connectivity index (χ0n) is 21.9. The first kappa shape index (κ1) is 25.9. The second-order valence-electron chi connectivity index (χ2n) is 10.2. The highest BCUT2D eigenvalue weighted by Gasteiger charge is 2.73. The summed E-state index contributed by atoms with van der Waals surface area (Å²) in [6.45, 7) is 2.17. The van der Waals surface area contributed by atoms with E-state index in [9.17, 15) is 0 Å². The topological polar surface area (TPSA) is 49.5 Å². The van der Waals surface area contributed by atoms with Gasteiger partial charge in [-0.2, -0.15) is 0 Å². The number of hydrogen-bond acceptors (Lipinski definition) is 5. The molecule has 0 spiro atoms. The molecule has 0 aromatic heterocycles. The van der Waals surface area contributed by atoms with Crippen LogP contribution in [0.2, 0.25) is 0 Å². The predicted octanol–water partition coefficient (Wildman–Crippen LogP) is 6.11. The number of fused-ring (bicyclic) bond motifs is 1. The van der Waals surface area contributed by atoms with Crippen molar-refractivity contribution >= 4 is 0 Å². The lowest BCUT2D eigenvalue weighted by molar-refractivity contribution is -0.223. The fraction of sp³-hybridized carbons (Fsp3) is 0.294. The molecule has 4 aromatic rings. The van der Waals surface area contributed by atoms with E-state index in [1.807, 2.05) is 72.8 Å². The van der Waals surface area contributed by atoms with Gasteiger partial charge in [0.15, 0.2) is 0 Å². The van der Waals surface area contributed by atoms with E-state index in [4.69, 9.17) is 23.7 Å². The average Bonchev–Trinajstić information content (AvgIpc) is 3.76. The summed E-state index contributed by atoms with van der Waals surface area (Å²) in [5.41, 5.74) is 3.60. The number of hydrogen-bond donors (Lipinski definition) is 0. The van der Waals surface area contributed by atoms with Gasteiger partial charge in [-0.15, -0.1) is 0 Å². The van der Waals surface area contributed by atoms with E-state index in [0.29, 0.717) is 33.0 Å². The summed E-state index contributed by atoms with van der Waals surface area (Å²) in [6.07, 6.45) is -0.927. The van der Waals surface area contributed by atoms with Crippen LogP contribution in [0.25, 0.3) is 0 Å².